The number of hydrogen-bond acceptors (Lipinski definition) is 6. The number of carbonyl (C=O) groups is 1. The van der Waals surface area contributed by atoms with Gasteiger partial charge in [0.05, 0.1) is 18.1 Å². The number of furan rings is 1. The molecule has 168 valence electrons. The number of fused-ring (bicyclic) bond motifs is 1. The SMILES string of the molecule is Cc1c(C(=O)NC2CCCC2)oc2ccc(S(=O)(=O)N3CCC4(CC3)OCCO4)cc12. The van der Waals surface area contributed by atoms with E-state index in [0.29, 0.717) is 55.7 Å². The van der Waals surface area contributed by atoms with Crippen LogP contribution in [0.3, 0.4) is 0 Å². The molecule has 8 nitrogen and oxygen atoms in total. The van der Waals surface area contributed by atoms with Gasteiger partial charge < -0.3 is 19.2 Å². The fourth-order valence-electron chi connectivity index (χ4n) is 4.90. The first-order valence-electron chi connectivity index (χ1n) is 11.0. The molecule has 2 aliphatic heterocycles. The molecule has 3 heterocycles. The van der Waals surface area contributed by atoms with Crippen LogP contribution in [-0.4, -0.2) is 56.8 Å². The molecule has 1 aromatic heterocycles. The number of carbonyl (C=O) groups excluding carboxylic acids is 1. The molecule has 1 saturated carbocycles. The summed E-state index contributed by atoms with van der Waals surface area (Å²) >= 11 is 0. The van der Waals surface area contributed by atoms with E-state index in [0.717, 1.165) is 25.7 Å². The van der Waals surface area contributed by atoms with Crippen molar-refractivity contribution in [2.24, 2.45) is 0 Å². The lowest BCUT2D eigenvalue weighted by Crippen LogP contribution is -2.47. The smallest absolute Gasteiger partial charge is 0.287 e. The number of amides is 1. The summed E-state index contributed by atoms with van der Waals surface area (Å²) in [7, 11) is -3.67. The zero-order valence-corrected chi connectivity index (χ0v) is 18.5. The Labute approximate surface area is 181 Å². The minimum Gasteiger partial charge on any atom is -0.451 e. The van der Waals surface area contributed by atoms with Gasteiger partial charge in [0.1, 0.15) is 5.58 Å². The highest BCUT2D eigenvalue weighted by molar-refractivity contribution is 7.89. The van der Waals surface area contributed by atoms with E-state index < -0.39 is 15.8 Å². The van der Waals surface area contributed by atoms with Gasteiger partial charge in [-0.25, -0.2) is 8.42 Å². The van der Waals surface area contributed by atoms with Crippen LogP contribution >= 0.6 is 0 Å². The predicted molar refractivity (Wildman–Crippen MR) is 113 cm³/mol. The second-order valence-electron chi connectivity index (χ2n) is 8.68. The summed E-state index contributed by atoms with van der Waals surface area (Å²) in [5.41, 5.74) is 1.17. The Balaban J connectivity index is 1.37. The molecule has 2 saturated heterocycles. The van der Waals surface area contributed by atoms with Crippen molar-refractivity contribution < 1.29 is 27.1 Å². The maximum Gasteiger partial charge on any atom is 0.287 e. The average Bonchev–Trinajstić information content (AvgIpc) is 3.50. The fourth-order valence-corrected chi connectivity index (χ4v) is 6.37. The van der Waals surface area contributed by atoms with Crippen molar-refractivity contribution in [3.63, 3.8) is 0 Å². The van der Waals surface area contributed by atoms with Gasteiger partial charge in [0.15, 0.2) is 11.5 Å². The van der Waals surface area contributed by atoms with E-state index in [1.54, 1.807) is 25.1 Å². The zero-order valence-electron chi connectivity index (χ0n) is 17.7. The van der Waals surface area contributed by atoms with Crippen LogP contribution in [-0.2, 0) is 19.5 Å². The molecule has 1 N–H and O–H groups in total. The van der Waals surface area contributed by atoms with E-state index >= 15 is 0 Å². The quantitative estimate of drug-likeness (QED) is 0.772. The van der Waals surface area contributed by atoms with Gasteiger partial charge >= 0.3 is 0 Å². The molecule has 9 heteroatoms. The maximum atomic E-state index is 13.3. The standard InChI is InChI=1S/C22H28N2O6S/c1-15-18-14-17(31(26,27)24-10-8-22(9-11-24)28-12-13-29-22)6-7-19(18)30-20(15)21(25)23-16-4-2-3-5-16/h6-7,14,16H,2-5,8-13H2,1H3,(H,23,25). The normalized spacial score (nSPS) is 22.5. The second-order valence-corrected chi connectivity index (χ2v) is 10.6. The highest BCUT2D eigenvalue weighted by atomic mass is 32.2. The maximum absolute atomic E-state index is 13.3. The Morgan fingerprint density at radius 3 is 2.48 bits per heavy atom. The van der Waals surface area contributed by atoms with Gasteiger partial charge in [0, 0.05) is 42.9 Å². The molecule has 0 atom stereocenters. The van der Waals surface area contributed by atoms with Crippen LogP contribution in [0.1, 0.15) is 54.6 Å². The van der Waals surface area contributed by atoms with Crippen molar-refractivity contribution in [1.82, 2.24) is 9.62 Å². The molecule has 3 fully saturated rings. The summed E-state index contributed by atoms with van der Waals surface area (Å²) in [6.07, 6.45) is 5.26. The van der Waals surface area contributed by atoms with Gasteiger partial charge in [-0.3, -0.25) is 4.79 Å². The molecule has 1 aromatic carbocycles. The fraction of sp³-hybridized carbons (Fsp3) is 0.591. The highest BCUT2D eigenvalue weighted by Crippen LogP contribution is 2.34. The summed E-state index contributed by atoms with van der Waals surface area (Å²) < 4.78 is 45.2. The molecular weight excluding hydrogens is 420 g/mol. The minimum atomic E-state index is -3.67. The summed E-state index contributed by atoms with van der Waals surface area (Å²) in [5.74, 6) is -0.603. The van der Waals surface area contributed by atoms with E-state index in [4.69, 9.17) is 13.9 Å². The average molecular weight is 449 g/mol. The van der Waals surface area contributed by atoms with Crippen molar-refractivity contribution >= 4 is 26.9 Å². The molecule has 5 rings (SSSR count). The monoisotopic (exact) mass is 448 g/mol. The predicted octanol–water partition coefficient (Wildman–Crippen LogP) is 2.94. The van der Waals surface area contributed by atoms with Crippen LogP contribution in [0.2, 0.25) is 0 Å². The molecule has 3 aliphatic rings. The summed E-state index contributed by atoms with van der Waals surface area (Å²) in [5, 5.41) is 3.68. The van der Waals surface area contributed by atoms with Gasteiger partial charge in [-0.1, -0.05) is 12.8 Å². The van der Waals surface area contributed by atoms with Crippen molar-refractivity contribution in [3.05, 3.63) is 29.5 Å². The van der Waals surface area contributed by atoms with Gasteiger partial charge in [-0.2, -0.15) is 4.31 Å². The molecule has 0 bridgehead atoms. The molecule has 0 radical (unpaired) electrons. The molecule has 2 aromatic rings. The van der Waals surface area contributed by atoms with Crippen LogP contribution < -0.4 is 5.32 Å². The Hall–Kier alpha value is -1.94. The van der Waals surface area contributed by atoms with Gasteiger partial charge in [0.2, 0.25) is 10.0 Å². The Kier molecular flexibility index (Phi) is 5.32. The number of sulfonamides is 1. The van der Waals surface area contributed by atoms with Crippen molar-refractivity contribution in [1.29, 1.82) is 0 Å². The van der Waals surface area contributed by atoms with E-state index in [2.05, 4.69) is 5.32 Å². The van der Waals surface area contributed by atoms with E-state index in [-0.39, 0.29) is 22.6 Å². The zero-order chi connectivity index (χ0) is 21.6. The third kappa shape index (κ3) is 3.77. The highest BCUT2D eigenvalue weighted by Gasteiger charge is 2.42. The third-order valence-corrected chi connectivity index (χ3v) is 8.63. The minimum absolute atomic E-state index is 0.186. The molecular formula is C22H28N2O6S. The summed E-state index contributed by atoms with van der Waals surface area (Å²) in [6, 6.07) is 4.98. The van der Waals surface area contributed by atoms with Gasteiger partial charge in [0.25, 0.3) is 5.91 Å². The first-order chi connectivity index (χ1) is 14.9. The lowest BCUT2D eigenvalue weighted by atomic mass is 10.1. The number of hydrogen-bond donors (Lipinski definition) is 1. The number of nitrogens with one attached hydrogen (secondary N) is 1. The van der Waals surface area contributed by atoms with Crippen molar-refractivity contribution in [2.45, 2.75) is 62.2 Å². The molecule has 1 aliphatic carbocycles. The topological polar surface area (TPSA) is 98.1 Å². The number of rotatable bonds is 4. The van der Waals surface area contributed by atoms with E-state index in [1.165, 1.54) is 4.31 Å². The molecule has 1 amide bonds. The van der Waals surface area contributed by atoms with Crippen LogP contribution in [0.15, 0.2) is 27.5 Å². The first-order valence-corrected chi connectivity index (χ1v) is 12.4. The number of benzene rings is 1. The summed E-state index contributed by atoms with van der Waals surface area (Å²) in [6.45, 7) is 3.60. The van der Waals surface area contributed by atoms with Gasteiger partial charge in [-0.05, 0) is 38.0 Å². The van der Waals surface area contributed by atoms with E-state index in [9.17, 15) is 13.2 Å². The third-order valence-electron chi connectivity index (χ3n) is 6.74. The van der Waals surface area contributed by atoms with Gasteiger partial charge in [-0.15, -0.1) is 0 Å². The molecule has 1 spiro atoms. The van der Waals surface area contributed by atoms with Crippen molar-refractivity contribution in [2.75, 3.05) is 26.3 Å². The van der Waals surface area contributed by atoms with Crippen LogP contribution in [0, 0.1) is 6.92 Å². The Morgan fingerprint density at radius 1 is 1.13 bits per heavy atom. The van der Waals surface area contributed by atoms with Crippen LogP contribution in [0.4, 0.5) is 0 Å². The second kappa shape index (κ2) is 7.88. The van der Waals surface area contributed by atoms with E-state index in [1.807, 2.05) is 0 Å². The first kappa shape index (κ1) is 20.9. The molecule has 0 unspecified atom stereocenters. The van der Waals surface area contributed by atoms with Crippen molar-refractivity contribution in [3.8, 4) is 0 Å². The largest absolute Gasteiger partial charge is 0.451 e. The number of piperidine rings is 1. The summed E-state index contributed by atoms with van der Waals surface area (Å²) in [4.78, 5) is 12.9. The lowest BCUT2D eigenvalue weighted by molar-refractivity contribution is -0.179. The number of aryl methyl sites for hydroxylation is 1. The number of ether oxygens (including phenoxy) is 2. The Bertz CT molecular complexity index is 1090. The Morgan fingerprint density at radius 2 is 1.81 bits per heavy atom. The lowest BCUT2D eigenvalue weighted by Gasteiger charge is -2.36. The molecule has 31 heavy (non-hydrogen) atoms. The number of nitrogens with zero attached hydrogens (tertiary/aromatic N) is 1. The van der Waals surface area contributed by atoms with Crippen LogP contribution in [0.5, 0.6) is 0 Å². The van der Waals surface area contributed by atoms with Crippen LogP contribution in [0.25, 0.3) is 11.0 Å².